The highest BCUT2D eigenvalue weighted by Gasteiger charge is 2.19. The Morgan fingerprint density at radius 2 is 1.77 bits per heavy atom. The molecule has 0 aliphatic rings. The number of halogens is 2. The third-order valence-corrected chi connectivity index (χ3v) is 6.11. The van der Waals surface area contributed by atoms with E-state index >= 15 is 0 Å². The molecule has 3 heterocycles. The quantitative estimate of drug-likeness (QED) is 0.325. The Labute approximate surface area is 185 Å². The van der Waals surface area contributed by atoms with E-state index in [1.807, 2.05) is 47.0 Å². The van der Waals surface area contributed by atoms with Crippen molar-refractivity contribution in [1.82, 2.24) is 29.7 Å². The molecule has 0 saturated carbocycles. The number of benzene rings is 2. The number of pyridine rings is 1. The predicted molar refractivity (Wildman–Crippen MR) is 118 cm³/mol. The van der Waals surface area contributed by atoms with Crippen molar-refractivity contribution in [3.63, 3.8) is 0 Å². The molecule has 5 aromatic rings. The molecule has 0 aliphatic carbocycles. The molecular weight excluding hydrogens is 439 g/mol. The average Bonchev–Trinajstić information content (AvgIpc) is 3.20. The second-order valence-corrected chi connectivity index (χ2v) is 8.05. The molecule has 0 saturated heterocycles. The highest BCUT2D eigenvalue weighted by Crippen LogP contribution is 2.35. The largest absolute Gasteiger partial charge is 0.270 e. The molecule has 6 nitrogen and oxygen atoms in total. The second kappa shape index (κ2) is 8.02. The smallest absolute Gasteiger partial charge is 0.202 e. The maximum Gasteiger partial charge on any atom is 0.202 e. The van der Waals surface area contributed by atoms with Crippen molar-refractivity contribution >= 4 is 45.9 Å². The Bertz CT molecular complexity index is 1350. The molecule has 5 rings (SSSR count). The van der Waals surface area contributed by atoms with Crippen molar-refractivity contribution in [2.24, 2.45) is 0 Å². The lowest BCUT2D eigenvalue weighted by atomic mass is 10.2. The first-order valence-corrected chi connectivity index (χ1v) is 10.5. The van der Waals surface area contributed by atoms with Crippen LogP contribution in [0, 0.1) is 0 Å². The summed E-state index contributed by atoms with van der Waals surface area (Å²) in [5.74, 6) is 0.641. The Kier molecular flexibility index (Phi) is 5.08. The number of rotatable bonds is 4. The summed E-state index contributed by atoms with van der Waals surface area (Å²) in [7, 11) is 0. The van der Waals surface area contributed by atoms with Gasteiger partial charge in [0.15, 0.2) is 5.82 Å². The van der Waals surface area contributed by atoms with Gasteiger partial charge in [-0.3, -0.25) is 9.55 Å². The summed E-state index contributed by atoms with van der Waals surface area (Å²) >= 11 is 13.8. The fourth-order valence-corrected chi connectivity index (χ4v) is 4.24. The lowest BCUT2D eigenvalue weighted by Crippen LogP contribution is -2.00. The fraction of sp³-hybridized carbons (Fsp3) is 0. The van der Waals surface area contributed by atoms with Crippen molar-refractivity contribution in [2.75, 3.05) is 0 Å². The molecule has 30 heavy (non-hydrogen) atoms. The Hall–Kier alpha value is -3.00. The number of fused-ring (bicyclic) bond motifs is 1. The maximum absolute atomic E-state index is 6.29. The normalized spacial score (nSPS) is 11.1. The van der Waals surface area contributed by atoms with Gasteiger partial charge in [-0.25, -0.2) is 9.97 Å². The summed E-state index contributed by atoms with van der Waals surface area (Å²) in [5, 5.41) is 12.1. The maximum atomic E-state index is 6.29. The standard InChI is InChI=1S/C21H12Cl2N6S/c22-16-8-7-14(10-17(16)23)29-19(13-4-3-9-24-11-13)27-28-21(29)30-20-15-5-1-2-6-18(15)25-12-26-20/h1-12H. The molecule has 9 heteroatoms. The van der Waals surface area contributed by atoms with Gasteiger partial charge < -0.3 is 0 Å². The number of aromatic nitrogens is 6. The zero-order chi connectivity index (χ0) is 20.5. The minimum Gasteiger partial charge on any atom is -0.270 e. The lowest BCUT2D eigenvalue weighted by molar-refractivity contribution is 0.883. The summed E-state index contributed by atoms with van der Waals surface area (Å²) in [6, 6.07) is 17.0. The van der Waals surface area contributed by atoms with Crippen LogP contribution in [0.1, 0.15) is 0 Å². The number of hydrogen-bond donors (Lipinski definition) is 0. The van der Waals surface area contributed by atoms with E-state index in [4.69, 9.17) is 23.2 Å². The van der Waals surface area contributed by atoms with Gasteiger partial charge in [-0.1, -0.05) is 41.4 Å². The fourth-order valence-electron chi connectivity index (χ4n) is 3.02. The van der Waals surface area contributed by atoms with Gasteiger partial charge in [-0.05, 0) is 48.2 Å². The first-order chi connectivity index (χ1) is 14.7. The van der Waals surface area contributed by atoms with Crippen molar-refractivity contribution < 1.29 is 0 Å². The van der Waals surface area contributed by atoms with E-state index < -0.39 is 0 Å². The number of hydrogen-bond acceptors (Lipinski definition) is 6. The van der Waals surface area contributed by atoms with Gasteiger partial charge in [-0.15, -0.1) is 10.2 Å². The van der Waals surface area contributed by atoms with E-state index in [-0.39, 0.29) is 0 Å². The minimum atomic E-state index is 0.448. The van der Waals surface area contributed by atoms with Crippen LogP contribution < -0.4 is 0 Å². The molecule has 0 aliphatic heterocycles. The molecule has 2 aromatic carbocycles. The van der Waals surface area contributed by atoms with Crippen LogP contribution in [0.2, 0.25) is 10.0 Å². The topological polar surface area (TPSA) is 69.4 Å². The third kappa shape index (κ3) is 3.52. The molecule has 0 atom stereocenters. The zero-order valence-electron chi connectivity index (χ0n) is 15.3. The highest BCUT2D eigenvalue weighted by atomic mass is 35.5. The van der Waals surface area contributed by atoms with Crippen molar-refractivity contribution in [2.45, 2.75) is 10.2 Å². The van der Waals surface area contributed by atoms with Crippen LogP contribution in [-0.2, 0) is 0 Å². The Morgan fingerprint density at radius 3 is 2.60 bits per heavy atom. The van der Waals surface area contributed by atoms with Gasteiger partial charge >= 0.3 is 0 Å². The first kappa shape index (κ1) is 19.0. The van der Waals surface area contributed by atoms with Crippen LogP contribution in [-0.4, -0.2) is 29.7 Å². The number of para-hydroxylation sites is 1. The molecular formula is C21H12Cl2N6S. The summed E-state index contributed by atoms with van der Waals surface area (Å²) in [4.78, 5) is 13.0. The van der Waals surface area contributed by atoms with Crippen LogP contribution in [0.15, 0.2) is 83.5 Å². The van der Waals surface area contributed by atoms with Gasteiger partial charge in [-0.2, -0.15) is 0 Å². The second-order valence-electron chi connectivity index (χ2n) is 6.28. The molecule has 0 bridgehead atoms. The average molecular weight is 451 g/mol. The van der Waals surface area contributed by atoms with Crippen molar-refractivity contribution in [1.29, 1.82) is 0 Å². The van der Waals surface area contributed by atoms with E-state index in [1.54, 1.807) is 30.9 Å². The third-order valence-electron chi connectivity index (χ3n) is 4.41. The SMILES string of the molecule is Clc1ccc(-n2c(Sc3ncnc4ccccc34)nnc2-c2cccnc2)cc1Cl. The van der Waals surface area contributed by atoms with E-state index in [0.29, 0.717) is 21.0 Å². The summed E-state index contributed by atoms with van der Waals surface area (Å²) in [6.45, 7) is 0. The highest BCUT2D eigenvalue weighted by molar-refractivity contribution is 7.99. The molecule has 0 spiro atoms. The van der Waals surface area contributed by atoms with Gasteiger partial charge in [0.1, 0.15) is 11.4 Å². The van der Waals surface area contributed by atoms with E-state index in [0.717, 1.165) is 27.2 Å². The molecule has 0 fully saturated rings. The van der Waals surface area contributed by atoms with Crippen molar-refractivity contribution in [3.05, 3.63) is 83.4 Å². The summed E-state index contributed by atoms with van der Waals surface area (Å²) < 4.78 is 1.92. The number of nitrogens with zero attached hydrogens (tertiary/aromatic N) is 6. The van der Waals surface area contributed by atoms with Crippen LogP contribution in [0.5, 0.6) is 0 Å². The molecule has 3 aromatic heterocycles. The Morgan fingerprint density at radius 1 is 0.867 bits per heavy atom. The lowest BCUT2D eigenvalue weighted by Gasteiger charge is -2.11. The van der Waals surface area contributed by atoms with E-state index in [9.17, 15) is 0 Å². The van der Waals surface area contributed by atoms with Crippen LogP contribution in [0.3, 0.4) is 0 Å². The van der Waals surface area contributed by atoms with Crippen LogP contribution in [0.25, 0.3) is 28.0 Å². The summed E-state index contributed by atoms with van der Waals surface area (Å²) in [5.41, 5.74) is 2.48. The summed E-state index contributed by atoms with van der Waals surface area (Å²) in [6.07, 6.45) is 5.01. The molecule has 146 valence electrons. The monoisotopic (exact) mass is 450 g/mol. The molecule has 0 amide bonds. The van der Waals surface area contributed by atoms with Gasteiger partial charge in [0, 0.05) is 23.3 Å². The molecule has 0 N–H and O–H groups in total. The first-order valence-electron chi connectivity index (χ1n) is 8.89. The molecule has 0 radical (unpaired) electrons. The van der Waals surface area contributed by atoms with Crippen LogP contribution >= 0.6 is 35.0 Å². The predicted octanol–water partition coefficient (Wildman–Crippen LogP) is 5.73. The van der Waals surface area contributed by atoms with E-state index in [1.165, 1.54) is 11.8 Å². The Balaban J connectivity index is 1.68. The minimum absolute atomic E-state index is 0.448. The van der Waals surface area contributed by atoms with Crippen molar-refractivity contribution in [3.8, 4) is 17.1 Å². The van der Waals surface area contributed by atoms with E-state index in [2.05, 4.69) is 25.1 Å². The van der Waals surface area contributed by atoms with Gasteiger partial charge in [0.05, 0.1) is 21.2 Å². The van der Waals surface area contributed by atoms with Gasteiger partial charge in [0.2, 0.25) is 5.16 Å². The zero-order valence-corrected chi connectivity index (χ0v) is 17.6. The van der Waals surface area contributed by atoms with Gasteiger partial charge in [0.25, 0.3) is 0 Å². The van der Waals surface area contributed by atoms with Crippen LogP contribution in [0.4, 0.5) is 0 Å². The molecule has 0 unspecified atom stereocenters.